The zero-order valence-electron chi connectivity index (χ0n) is 15.6. The van der Waals surface area contributed by atoms with E-state index in [1.165, 1.54) is 24.5 Å². The highest BCUT2D eigenvalue weighted by molar-refractivity contribution is 5.85. The fourth-order valence-electron chi connectivity index (χ4n) is 2.37. The van der Waals surface area contributed by atoms with Gasteiger partial charge in [-0.1, -0.05) is 0 Å². The number of nitrogen functional groups attached to an aromatic ring is 2. The second kappa shape index (κ2) is 8.67. The van der Waals surface area contributed by atoms with Crippen LogP contribution in [0.1, 0.15) is 11.4 Å². The molecule has 4 rings (SSSR count). The number of hydrogen-bond acceptors (Lipinski definition) is 10. The normalized spacial score (nSPS) is 11.8. The number of aromatic nitrogens is 6. The van der Waals surface area contributed by atoms with Crippen LogP contribution in [-0.4, -0.2) is 29.9 Å². The largest absolute Gasteiger partial charge is 0.434 e. The van der Waals surface area contributed by atoms with Crippen LogP contribution in [0.3, 0.4) is 0 Å². The number of pyridine rings is 2. The van der Waals surface area contributed by atoms with E-state index in [1.54, 1.807) is 0 Å². The molecule has 0 atom stereocenters. The maximum absolute atomic E-state index is 12.4. The average Bonchev–Trinajstić information content (AvgIpc) is 2.76. The summed E-state index contributed by atoms with van der Waals surface area (Å²) in [5.74, 6) is 10.5. The van der Waals surface area contributed by atoms with Crippen molar-refractivity contribution in [2.75, 3.05) is 10.9 Å². The molecule has 4 aromatic rings. The van der Waals surface area contributed by atoms with Crippen molar-refractivity contribution in [3.05, 3.63) is 48.3 Å². The summed E-state index contributed by atoms with van der Waals surface area (Å²) in [7, 11) is 0. The standard InChI is InChI=1S/2C8H6F3N5/c9-8(10,11)5-3-14-6-4(15-5)1-2-13-7(6)16-12;9-8(10,11)5-3-14-4-1-2-13-7(16-12)6(4)15-5/h2*1-3H,12H2,(H,13,16). The molecule has 4 heterocycles. The minimum Gasteiger partial charge on any atom is -0.307 e. The fraction of sp³-hybridized carbons (Fsp3) is 0.125. The van der Waals surface area contributed by atoms with E-state index in [-0.39, 0.29) is 33.7 Å². The Hall–Kier alpha value is -3.92. The molecule has 0 amide bonds. The zero-order valence-corrected chi connectivity index (χ0v) is 15.6. The van der Waals surface area contributed by atoms with Gasteiger partial charge >= 0.3 is 12.4 Å². The van der Waals surface area contributed by atoms with Crippen molar-refractivity contribution in [2.24, 2.45) is 11.7 Å². The molecule has 168 valence electrons. The van der Waals surface area contributed by atoms with Crippen LogP contribution in [0.5, 0.6) is 0 Å². The number of alkyl halides is 6. The molecule has 0 spiro atoms. The fourth-order valence-corrected chi connectivity index (χ4v) is 2.37. The first-order valence-electron chi connectivity index (χ1n) is 8.35. The molecule has 0 fully saturated rings. The summed E-state index contributed by atoms with van der Waals surface area (Å²) in [5, 5.41) is 0. The Kier molecular flexibility index (Phi) is 6.17. The molecule has 0 aliphatic rings. The van der Waals surface area contributed by atoms with Crippen molar-refractivity contribution in [1.29, 1.82) is 0 Å². The molecular weight excluding hydrogens is 446 g/mol. The van der Waals surface area contributed by atoms with Crippen molar-refractivity contribution in [3.8, 4) is 0 Å². The van der Waals surface area contributed by atoms with Crippen LogP contribution in [0.2, 0.25) is 0 Å². The van der Waals surface area contributed by atoms with Crippen LogP contribution in [-0.2, 0) is 12.4 Å². The Labute approximate surface area is 174 Å². The maximum atomic E-state index is 12.4. The lowest BCUT2D eigenvalue weighted by molar-refractivity contribution is -0.142. The summed E-state index contributed by atoms with van der Waals surface area (Å²) in [6.45, 7) is 0. The minimum atomic E-state index is -4.54. The number of hydrogen-bond donors (Lipinski definition) is 4. The van der Waals surface area contributed by atoms with Gasteiger partial charge in [-0.05, 0) is 12.1 Å². The van der Waals surface area contributed by atoms with Crippen molar-refractivity contribution in [3.63, 3.8) is 0 Å². The summed E-state index contributed by atoms with van der Waals surface area (Å²) < 4.78 is 74.1. The Bertz CT molecular complexity index is 1240. The molecule has 0 saturated carbocycles. The zero-order chi connectivity index (χ0) is 23.5. The summed E-state index contributed by atoms with van der Waals surface area (Å²) >= 11 is 0. The van der Waals surface area contributed by atoms with Gasteiger partial charge in [-0.15, -0.1) is 0 Å². The van der Waals surface area contributed by atoms with Crippen molar-refractivity contribution in [1.82, 2.24) is 29.9 Å². The van der Waals surface area contributed by atoms with Gasteiger partial charge in [-0.2, -0.15) is 26.3 Å². The van der Waals surface area contributed by atoms with E-state index in [9.17, 15) is 26.3 Å². The lowest BCUT2D eigenvalue weighted by Gasteiger charge is -2.07. The van der Waals surface area contributed by atoms with Crippen LogP contribution < -0.4 is 22.5 Å². The van der Waals surface area contributed by atoms with E-state index in [4.69, 9.17) is 11.7 Å². The van der Waals surface area contributed by atoms with E-state index in [1.807, 2.05) is 0 Å². The summed E-state index contributed by atoms with van der Waals surface area (Å²) in [6, 6.07) is 2.78. The number of nitrogens with one attached hydrogen (secondary N) is 2. The molecular formula is C16H12F6N10. The van der Waals surface area contributed by atoms with E-state index in [0.717, 1.165) is 0 Å². The Morgan fingerprint density at radius 2 is 1.12 bits per heavy atom. The number of rotatable bonds is 2. The molecule has 0 aliphatic carbocycles. The van der Waals surface area contributed by atoms with Crippen molar-refractivity contribution < 1.29 is 26.3 Å². The summed E-state index contributed by atoms with van der Waals surface area (Å²) in [6.07, 6.45) is -5.07. The molecule has 0 saturated heterocycles. The molecule has 4 aromatic heterocycles. The predicted molar refractivity (Wildman–Crippen MR) is 100 cm³/mol. The van der Waals surface area contributed by atoms with Gasteiger partial charge in [0.1, 0.15) is 11.0 Å². The van der Waals surface area contributed by atoms with Crippen molar-refractivity contribution in [2.45, 2.75) is 12.4 Å². The Morgan fingerprint density at radius 3 is 1.69 bits per heavy atom. The van der Waals surface area contributed by atoms with Gasteiger partial charge in [0.15, 0.2) is 23.0 Å². The van der Waals surface area contributed by atoms with Crippen LogP contribution in [0.4, 0.5) is 38.0 Å². The number of fused-ring (bicyclic) bond motifs is 2. The molecule has 0 aliphatic heterocycles. The number of nitrogens with zero attached hydrogens (tertiary/aromatic N) is 6. The Balaban J connectivity index is 0.000000181. The topological polar surface area (TPSA) is 153 Å². The second-order valence-corrected chi connectivity index (χ2v) is 5.85. The maximum Gasteiger partial charge on any atom is 0.434 e. The smallest absolute Gasteiger partial charge is 0.307 e. The van der Waals surface area contributed by atoms with Crippen LogP contribution in [0.25, 0.3) is 22.1 Å². The number of anilines is 2. The predicted octanol–water partition coefficient (Wildman–Crippen LogP) is 2.66. The third-order valence-corrected chi connectivity index (χ3v) is 3.78. The quantitative estimate of drug-likeness (QED) is 0.200. The lowest BCUT2D eigenvalue weighted by Crippen LogP contribution is -2.12. The molecule has 10 nitrogen and oxygen atoms in total. The number of hydrazine groups is 2. The van der Waals surface area contributed by atoms with Crippen LogP contribution in [0.15, 0.2) is 36.9 Å². The van der Waals surface area contributed by atoms with Gasteiger partial charge in [0.25, 0.3) is 0 Å². The third kappa shape index (κ3) is 4.86. The van der Waals surface area contributed by atoms with E-state index in [0.29, 0.717) is 12.4 Å². The molecule has 16 heteroatoms. The average molecular weight is 458 g/mol. The molecule has 0 unspecified atom stereocenters. The van der Waals surface area contributed by atoms with Gasteiger partial charge in [-0.25, -0.2) is 36.6 Å². The molecule has 32 heavy (non-hydrogen) atoms. The first kappa shape index (κ1) is 22.8. The third-order valence-electron chi connectivity index (χ3n) is 3.78. The van der Waals surface area contributed by atoms with E-state index < -0.39 is 23.7 Å². The second-order valence-electron chi connectivity index (χ2n) is 5.85. The van der Waals surface area contributed by atoms with Gasteiger partial charge in [0.2, 0.25) is 0 Å². The molecule has 0 bridgehead atoms. The first-order chi connectivity index (χ1) is 15.0. The monoisotopic (exact) mass is 458 g/mol. The molecule has 0 radical (unpaired) electrons. The lowest BCUT2D eigenvalue weighted by atomic mass is 10.3. The SMILES string of the molecule is NNc1nccc2nc(C(F)(F)F)cnc12.NNc1nccc2ncc(C(F)(F)F)nc12. The van der Waals surface area contributed by atoms with Crippen LogP contribution in [0, 0.1) is 0 Å². The van der Waals surface area contributed by atoms with Gasteiger partial charge in [0.05, 0.1) is 23.4 Å². The van der Waals surface area contributed by atoms with Gasteiger partial charge in [-0.3, -0.25) is 4.98 Å². The highest BCUT2D eigenvalue weighted by Crippen LogP contribution is 2.29. The van der Waals surface area contributed by atoms with Gasteiger partial charge < -0.3 is 10.9 Å². The summed E-state index contributed by atoms with van der Waals surface area (Å²) in [5.41, 5.74) is 2.82. The number of nitrogens with two attached hydrogens (primary N) is 2. The van der Waals surface area contributed by atoms with E-state index >= 15 is 0 Å². The molecule has 6 N–H and O–H groups in total. The van der Waals surface area contributed by atoms with Crippen molar-refractivity contribution >= 4 is 33.7 Å². The minimum absolute atomic E-state index is 0.0141. The highest BCUT2D eigenvalue weighted by atomic mass is 19.4. The Morgan fingerprint density at radius 1 is 0.625 bits per heavy atom. The molecule has 0 aromatic carbocycles. The summed E-state index contributed by atoms with van der Waals surface area (Å²) in [4.78, 5) is 21.7. The van der Waals surface area contributed by atoms with Gasteiger partial charge in [0, 0.05) is 12.4 Å². The number of halogens is 6. The van der Waals surface area contributed by atoms with Crippen LogP contribution >= 0.6 is 0 Å². The highest BCUT2D eigenvalue weighted by Gasteiger charge is 2.34. The van der Waals surface area contributed by atoms with E-state index in [2.05, 4.69) is 40.8 Å². The first-order valence-corrected chi connectivity index (χ1v) is 8.35.